The lowest BCUT2D eigenvalue weighted by molar-refractivity contribution is 0.641. The lowest BCUT2D eigenvalue weighted by Gasteiger charge is -2.07. The Morgan fingerprint density at radius 1 is 1.11 bits per heavy atom. The van der Waals surface area contributed by atoms with Crippen molar-refractivity contribution in [1.82, 2.24) is 34.2 Å². The van der Waals surface area contributed by atoms with Gasteiger partial charge in [-0.3, -0.25) is 0 Å². The number of imidazole rings is 1. The van der Waals surface area contributed by atoms with Gasteiger partial charge in [-0.2, -0.15) is 9.61 Å². The molecule has 0 aliphatic heterocycles. The summed E-state index contributed by atoms with van der Waals surface area (Å²) >= 11 is 0. The van der Waals surface area contributed by atoms with E-state index in [-0.39, 0.29) is 0 Å². The van der Waals surface area contributed by atoms with Crippen LogP contribution in [0.2, 0.25) is 0 Å². The van der Waals surface area contributed by atoms with E-state index in [1.807, 2.05) is 53.2 Å². The highest BCUT2D eigenvalue weighted by molar-refractivity contribution is 7.59. The van der Waals surface area contributed by atoms with Crippen LogP contribution < -0.4 is 5.30 Å². The summed E-state index contributed by atoms with van der Waals surface area (Å²) in [6.07, 6.45) is 7.96. The SMILES string of the molecule is CP(O)c1cccc(-c2cnc3nnc(Cc4ccc5nccn5c4)n3n2)c1. The normalized spacial score (nSPS) is 12.6. The Labute approximate surface area is 161 Å². The van der Waals surface area contributed by atoms with Crippen LogP contribution in [0.15, 0.2) is 61.2 Å². The van der Waals surface area contributed by atoms with Gasteiger partial charge in [-0.1, -0.05) is 24.3 Å². The number of aromatic nitrogens is 7. The maximum Gasteiger partial charge on any atom is 0.271 e. The molecule has 0 saturated carbocycles. The van der Waals surface area contributed by atoms with Crippen molar-refractivity contribution in [1.29, 1.82) is 0 Å². The van der Waals surface area contributed by atoms with Crippen molar-refractivity contribution in [3.8, 4) is 11.3 Å². The molecule has 28 heavy (non-hydrogen) atoms. The molecule has 0 fully saturated rings. The van der Waals surface area contributed by atoms with Gasteiger partial charge < -0.3 is 9.29 Å². The predicted molar refractivity (Wildman–Crippen MR) is 107 cm³/mol. The van der Waals surface area contributed by atoms with E-state index in [1.165, 1.54) is 0 Å². The maximum atomic E-state index is 9.90. The molecule has 0 saturated heterocycles. The number of nitrogens with zero attached hydrogens (tertiary/aromatic N) is 7. The Kier molecular flexibility index (Phi) is 4.07. The summed E-state index contributed by atoms with van der Waals surface area (Å²) in [5.41, 5.74) is 3.58. The summed E-state index contributed by atoms with van der Waals surface area (Å²) in [6, 6.07) is 11.7. The Balaban J connectivity index is 1.53. The number of fused-ring (bicyclic) bond motifs is 2. The summed E-state index contributed by atoms with van der Waals surface area (Å²) < 4.78 is 3.65. The quantitative estimate of drug-likeness (QED) is 0.473. The van der Waals surface area contributed by atoms with Gasteiger partial charge in [0, 0.05) is 35.9 Å². The predicted octanol–water partition coefficient (Wildman–Crippen LogP) is 2.07. The molecule has 0 amide bonds. The smallest absolute Gasteiger partial charge is 0.271 e. The van der Waals surface area contributed by atoms with E-state index in [2.05, 4.69) is 25.3 Å². The van der Waals surface area contributed by atoms with Crippen LogP contribution in [-0.4, -0.2) is 45.7 Å². The fraction of sp³-hybridized carbons (Fsp3) is 0.105. The van der Waals surface area contributed by atoms with Gasteiger partial charge in [0.2, 0.25) is 0 Å². The van der Waals surface area contributed by atoms with Crippen molar-refractivity contribution >= 4 is 24.9 Å². The van der Waals surface area contributed by atoms with Gasteiger partial charge in [0.25, 0.3) is 5.78 Å². The summed E-state index contributed by atoms with van der Waals surface area (Å²) in [7, 11) is -1.16. The van der Waals surface area contributed by atoms with Gasteiger partial charge in [-0.15, -0.1) is 10.2 Å². The third kappa shape index (κ3) is 3.02. The summed E-state index contributed by atoms with van der Waals surface area (Å²) in [5, 5.41) is 14.0. The molecule has 9 heteroatoms. The van der Waals surface area contributed by atoms with Crippen molar-refractivity contribution in [2.75, 3.05) is 6.66 Å². The van der Waals surface area contributed by atoms with Gasteiger partial charge in [0.1, 0.15) is 11.3 Å². The van der Waals surface area contributed by atoms with Gasteiger partial charge in [-0.05, 0) is 24.4 Å². The molecule has 5 rings (SSSR count). The zero-order valence-corrected chi connectivity index (χ0v) is 15.9. The summed E-state index contributed by atoms with van der Waals surface area (Å²) in [6.45, 7) is 1.80. The van der Waals surface area contributed by atoms with E-state index in [0.717, 1.165) is 22.1 Å². The minimum Gasteiger partial charge on any atom is -0.369 e. The van der Waals surface area contributed by atoms with Crippen molar-refractivity contribution in [3.63, 3.8) is 0 Å². The topological polar surface area (TPSA) is 93.5 Å². The fourth-order valence-electron chi connectivity index (χ4n) is 3.10. The standard InChI is InChI=1S/C19H16N7OP/c1-28(27)15-4-2-3-14(10-15)16-11-21-19-23-22-18(26(19)24-16)9-13-5-6-17-20-7-8-25(17)12-13/h2-8,10-12,27H,9H2,1H3. The highest BCUT2D eigenvalue weighted by Crippen LogP contribution is 2.25. The Bertz CT molecular complexity index is 1290. The largest absolute Gasteiger partial charge is 0.369 e. The summed E-state index contributed by atoms with van der Waals surface area (Å²) in [5.74, 6) is 1.17. The molecule has 0 radical (unpaired) electrons. The number of pyridine rings is 1. The molecule has 4 heterocycles. The number of rotatable bonds is 4. The second-order valence-corrected chi connectivity index (χ2v) is 8.02. The average molecular weight is 389 g/mol. The molecule has 1 aromatic carbocycles. The molecular formula is C19H16N7OP. The summed E-state index contributed by atoms with van der Waals surface area (Å²) in [4.78, 5) is 18.6. The van der Waals surface area contributed by atoms with E-state index in [9.17, 15) is 4.89 Å². The van der Waals surface area contributed by atoms with E-state index >= 15 is 0 Å². The first-order valence-corrected chi connectivity index (χ1v) is 10.4. The number of hydrogen-bond acceptors (Lipinski definition) is 6. The van der Waals surface area contributed by atoms with Crippen LogP contribution in [-0.2, 0) is 6.42 Å². The molecule has 4 aromatic heterocycles. The molecule has 1 N–H and O–H groups in total. The Hall–Kier alpha value is -3.22. The highest BCUT2D eigenvalue weighted by Gasteiger charge is 2.12. The van der Waals surface area contributed by atoms with Crippen molar-refractivity contribution < 1.29 is 4.89 Å². The van der Waals surface area contributed by atoms with E-state index in [0.29, 0.717) is 23.7 Å². The minimum atomic E-state index is -1.16. The van der Waals surface area contributed by atoms with Crippen molar-refractivity contribution in [2.45, 2.75) is 6.42 Å². The van der Waals surface area contributed by atoms with E-state index < -0.39 is 8.15 Å². The van der Waals surface area contributed by atoms with E-state index in [4.69, 9.17) is 0 Å². The van der Waals surface area contributed by atoms with Crippen LogP contribution >= 0.6 is 8.15 Å². The van der Waals surface area contributed by atoms with Gasteiger partial charge >= 0.3 is 0 Å². The van der Waals surface area contributed by atoms with E-state index in [1.54, 1.807) is 23.6 Å². The maximum absolute atomic E-state index is 9.90. The first-order valence-electron chi connectivity index (χ1n) is 8.69. The molecular weight excluding hydrogens is 373 g/mol. The second-order valence-electron chi connectivity index (χ2n) is 6.45. The molecule has 0 spiro atoms. The van der Waals surface area contributed by atoms with Crippen LogP contribution in [0.4, 0.5) is 0 Å². The zero-order chi connectivity index (χ0) is 19.1. The fourth-order valence-corrected chi connectivity index (χ4v) is 3.73. The van der Waals surface area contributed by atoms with Crippen LogP contribution in [0.3, 0.4) is 0 Å². The lowest BCUT2D eigenvalue weighted by Crippen LogP contribution is -2.05. The Morgan fingerprint density at radius 3 is 2.93 bits per heavy atom. The van der Waals surface area contributed by atoms with Crippen LogP contribution in [0, 0.1) is 0 Å². The molecule has 0 bridgehead atoms. The highest BCUT2D eigenvalue weighted by atomic mass is 31.1. The van der Waals surface area contributed by atoms with Crippen LogP contribution in [0.25, 0.3) is 22.7 Å². The van der Waals surface area contributed by atoms with Gasteiger partial charge in [-0.25, -0.2) is 9.97 Å². The zero-order valence-electron chi connectivity index (χ0n) is 15.0. The first kappa shape index (κ1) is 16.9. The third-order valence-electron chi connectivity index (χ3n) is 4.53. The molecule has 0 aliphatic rings. The molecule has 138 valence electrons. The Morgan fingerprint density at radius 2 is 2.04 bits per heavy atom. The van der Waals surface area contributed by atoms with Crippen molar-refractivity contribution in [2.24, 2.45) is 0 Å². The van der Waals surface area contributed by atoms with Gasteiger partial charge in [0.05, 0.1) is 14.3 Å². The first-order chi connectivity index (χ1) is 13.7. The average Bonchev–Trinajstić information content (AvgIpc) is 3.34. The number of benzene rings is 1. The molecule has 5 aromatic rings. The molecule has 1 atom stereocenters. The second kappa shape index (κ2) is 6.74. The van der Waals surface area contributed by atoms with Gasteiger partial charge in [0.15, 0.2) is 5.82 Å². The monoisotopic (exact) mass is 389 g/mol. The van der Waals surface area contributed by atoms with Crippen LogP contribution in [0.5, 0.6) is 0 Å². The number of hydrogen-bond donors (Lipinski definition) is 1. The van der Waals surface area contributed by atoms with Crippen molar-refractivity contribution in [3.05, 3.63) is 72.6 Å². The van der Waals surface area contributed by atoms with Crippen LogP contribution in [0.1, 0.15) is 11.4 Å². The molecule has 8 nitrogen and oxygen atoms in total. The molecule has 0 aliphatic carbocycles. The minimum absolute atomic E-state index is 0.457. The third-order valence-corrected chi connectivity index (χ3v) is 5.55. The lowest BCUT2D eigenvalue weighted by atomic mass is 10.2. The molecule has 1 unspecified atom stereocenters.